The fraction of sp³-hybridized carbons (Fsp3) is 0. The Balaban J connectivity index is 2.22. The van der Waals surface area contributed by atoms with Crippen LogP contribution in [0.25, 0.3) is 0 Å². The Morgan fingerprint density at radius 2 is 2.19 bits per heavy atom. The number of nitrogens with zero attached hydrogens (tertiary/aromatic N) is 2. The standard InChI is InChI=1S/C11H8N2O2S/c14-13(15)10-4-1-3-9(7-10)8-12-11-5-2-6-16-11/h1-8H/b12-8+. The van der Waals surface area contributed by atoms with Crippen LogP contribution in [0.15, 0.2) is 46.8 Å². The van der Waals surface area contributed by atoms with Gasteiger partial charge in [-0.2, -0.15) is 0 Å². The van der Waals surface area contributed by atoms with Gasteiger partial charge in [-0.3, -0.25) is 10.1 Å². The van der Waals surface area contributed by atoms with Gasteiger partial charge < -0.3 is 0 Å². The van der Waals surface area contributed by atoms with Gasteiger partial charge in [0.15, 0.2) is 0 Å². The second kappa shape index (κ2) is 4.67. The van der Waals surface area contributed by atoms with Gasteiger partial charge in [0.25, 0.3) is 5.69 Å². The summed E-state index contributed by atoms with van der Waals surface area (Å²) in [6.07, 6.45) is 1.62. The first-order chi connectivity index (χ1) is 7.75. The molecule has 0 saturated heterocycles. The maximum atomic E-state index is 10.5. The molecule has 1 aromatic carbocycles. The van der Waals surface area contributed by atoms with E-state index in [0.717, 1.165) is 10.6 Å². The van der Waals surface area contributed by atoms with Crippen LogP contribution >= 0.6 is 11.3 Å². The molecular weight excluding hydrogens is 224 g/mol. The van der Waals surface area contributed by atoms with Gasteiger partial charge >= 0.3 is 0 Å². The Hall–Kier alpha value is -2.01. The van der Waals surface area contributed by atoms with E-state index in [4.69, 9.17) is 0 Å². The van der Waals surface area contributed by atoms with E-state index in [1.54, 1.807) is 18.3 Å². The van der Waals surface area contributed by atoms with E-state index in [2.05, 4.69) is 4.99 Å². The lowest BCUT2D eigenvalue weighted by atomic mass is 10.2. The highest BCUT2D eigenvalue weighted by Gasteiger charge is 2.03. The van der Waals surface area contributed by atoms with E-state index in [-0.39, 0.29) is 5.69 Å². The number of non-ortho nitro benzene ring substituents is 1. The third-order valence-electron chi connectivity index (χ3n) is 1.93. The van der Waals surface area contributed by atoms with E-state index in [9.17, 15) is 10.1 Å². The zero-order chi connectivity index (χ0) is 11.4. The second-order valence-electron chi connectivity index (χ2n) is 3.06. The van der Waals surface area contributed by atoms with Gasteiger partial charge in [-0.25, -0.2) is 4.99 Å². The van der Waals surface area contributed by atoms with Crippen molar-refractivity contribution >= 4 is 28.2 Å². The summed E-state index contributed by atoms with van der Waals surface area (Å²) >= 11 is 1.52. The van der Waals surface area contributed by atoms with Gasteiger partial charge in [-0.05, 0) is 23.1 Å². The molecule has 0 unspecified atom stereocenters. The highest BCUT2D eigenvalue weighted by molar-refractivity contribution is 7.13. The summed E-state index contributed by atoms with van der Waals surface area (Å²) in [6, 6.07) is 10.2. The molecule has 80 valence electrons. The van der Waals surface area contributed by atoms with Crippen LogP contribution in [0.4, 0.5) is 10.7 Å². The van der Waals surface area contributed by atoms with E-state index in [1.165, 1.54) is 23.5 Å². The van der Waals surface area contributed by atoms with Crippen molar-refractivity contribution in [2.45, 2.75) is 0 Å². The molecule has 1 aromatic heterocycles. The fourth-order valence-electron chi connectivity index (χ4n) is 1.20. The number of benzene rings is 1. The molecule has 0 aliphatic rings. The molecule has 1 heterocycles. The summed E-state index contributed by atoms with van der Waals surface area (Å²) in [4.78, 5) is 14.3. The summed E-state index contributed by atoms with van der Waals surface area (Å²) in [6.45, 7) is 0. The maximum absolute atomic E-state index is 10.5. The van der Waals surface area contributed by atoms with Crippen LogP contribution < -0.4 is 0 Å². The fourth-order valence-corrected chi connectivity index (χ4v) is 1.77. The minimum atomic E-state index is -0.414. The first kappa shape index (κ1) is 10.5. The second-order valence-corrected chi connectivity index (χ2v) is 3.99. The van der Waals surface area contributed by atoms with Crippen molar-refractivity contribution < 1.29 is 4.92 Å². The molecule has 0 spiro atoms. The predicted octanol–water partition coefficient (Wildman–Crippen LogP) is 3.41. The van der Waals surface area contributed by atoms with Gasteiger partial charge in [-0.1, -0.05) is 12.1 Å². The van der Waals surface area contributed by atoms with Gasteiger partial charge in [0.2, 0.25) is 0 Å². The molecule has 0 saturated carbocycles. The van der Waals surface area contributed by atoms with Crippen LogP contribution in [0.5, 0.6) is 0 Å². The molecular formula is C11H8N2O2S. The molecule has 16 heavy (non-hydrogen) atoms. The number of nitro benzene ring substituents is 1. The van der Waals surface area contributed by atoms with Crippen LogP contribution in [0.3, 0.4) is 0 Å². The molecule has 0 bridgehead atoms. The number of hydrogen-bond acceptors (Lipinski definition) is 4. The summed E-state index contributed by atoms with van der Waals surface area (Å²) in [7, 11) is 0. The molecule has 4 nitrogen and oxygen atoms in total. The topological polar surface area (TPSA) is 55.5 Å². The molecule has 0 N–H and O–H groups in total. The number of rotatable bonds is 3. The smallest absolute Gasteiger partial charge is 0.258 e. The van der Waals surface area contributed by atoms with Crippen LogP contribution in [0.1, 0.15) is 5.56 Å². The number of thiophene rings is 1. The Kier molecular flexibility index (Phi) is 3.07. The minimum absolute atomic E-state index is 0.0788. The summed E-state index contributed by atoms with van der Waals surface area (Å²) in [5.74, 6) is 0. The first-order valence-corrected chi connectivity index (χ1v) is 5.46. The third-order valence-corrected chi connectivity index (χ3v) is 2.70. The predicted molar refractivity (Wildman–Crippen MR) is 64.7 cm³/mol. The quantitative estimate of drug-likeness (QED) is 0.462. The third kappa shape index (κ3) is 2.52. The Morgan fingerprint density at radius 1 is 1.31 bits per heavy atom. The van der Waals surface area contributed by atoms with Gasteiger partial charge in [0.05, 0.1) is 4.92 Å². The monoisotopic (exact) mass is 232 g/mol. The maximum Gasteiger partial charge on any atom is 0.270 e. The van der Waals surface area contributed by atoms with Crippen molar-refractivity contribution in [1.82, 2.24) is 0 Å². The minimum Gasteiger partial charge on any atom is -0.258 e. The van der Waals surface area contributed by atoms with E-state index < -0.39 is 4.92 Å². The van der Waals surface area contributed by atoms with E-state index in [1.807, 2.05) is 17.5 Å². The number of nitro groups is 1. The summed E-state index contributed by atoms with van der Waals surface area (Å²) in [5, 5.41) is 13.4. The van der Waals surface area contributed by atoms with Crippen LogP contribution in [0.2, 0.25) is 0 Å². The zero-order valence-corrected chi connectivity index (χ0v) is 9.05. The first-order valence-electron chi connectivity index (χ1n) is 4.58. The van der Waals surface area contributed by atoms with Crippen molar-refractivity contribution in [1.29, 1.82) is 0 Å². The van der Waals surface area contributed by atoms with Crippen molar-refractivity contribution in [3.05, 3.63) is 57.5 Å². The number of aliphatic imine (C=N–C) groups is 1. The highest BCUT2D eigenvalue weighted by atomic mass is 32.1. The van der Waals surface area contributed by atoms with Crippen molar-refractivity contribution in [3.63, 3.8) is 0 Å². The molecule has 2 aromatic rings. The number of hydrogen-bond donors (Lipinski definition) is 0. The molecule has 0 amide bonds. The lowest BCUT2D eigenvalue weighted by Gasteiger charge is -1.93. The molecule has 0 atom stereocenters. The lowest BCUT2D eigenvalue weighted by Crippen LogP contribution is -1.89. The Labute approximate surface area is 96.0 Å². The molecule has 2 rings (SSSR count). The van der Waals surface area contributed by atoms with Crippen molar-refractivity contribution in [2.75, 3.05) is 0 Å². The highest BCUT2D eigenvalue weighted by Crippen LogP contribution is 2.19. The Morgan fingerprint density at radius 3 is 2.88 bits per heavy atom. The van der Waals surface area contributed by atoms with E-state index in [0.29, 0.717) is 0 Å². The normalized spacial score (nSPS) is 10.8. The van der Waals surface area contributed by atoms with Gasteiger partial charge in [-0.15, -0.1) is 11.3 Å². The average Bonchev–Trinajstić information content (AvgIpc) is 2.79. The summed E-state index contributed by atoms with van der Waals surface area (Å²) in [5.41, 5.74) is 0.803. The molecule has 0 radical (unpaired) electrons. The summed E-state index contributed by atoms with van der Waals surface area (Å²) < 4.78 is 0. The lowest BCUT2D eigenvalue weighted by molar-refractivity contribution is -0.384. The molecule has 0 aliphatic carbocycles. The molecule has 0 fully saturated rings. The van der Waals surface area contributed by atoms with Gasteiger partial charge in [0.1, 0.15) is 5.00 Å². The zero-order valence-electron chi connectivity index (χ0n) is 8.24. The Bertz CT molecular complexity index is 521. The SMILES string of the molecule is O=[N+]([O-])c1cccc(/C=N/c2cccs2)c1. The van der Waals surface area contributed by atoms with Crippen LogP contribution in [-0.4, -0.2) is 11.1 Å². The largest absolute Gasteiger partial charge is 0.270 e. The van der Waals surface area contributed by atoms with E-state index >= 15 is 0 Å². The molecule has 0 aliphatic heterocycles. The van der Waals surface area contributed by atoms with Gasteiger partial charge in [0, 0.05) is 18.3 Å². The van der Waals surface area contributed by atoms with Crippen LogP contribution in [0, 0.1) is 10.1 Å². The van der Waals surface area contributed by atoms with Crippen molar-refractivity contribution in [3.8, 4) is 0 Å². The average molecular weight is 232 g/mol. The van der Waals surface area contributed by atoms with Crippen molar-refractivity contribution in [2.24, 2.45) is 4.99 Å². The molecule has 5 heteroatoms. The van der Waals surface area contributed by atoms with Crippen LogP contribution in [-0.2, 0) is 0 Å².